The molecular weight excluding hydrogens is 392 g/mol. The van der Waals surface area contributed by atoms with Crippen molar-refractivity contribution in [1.29, 1.82) is 0 Å². The molecule has 9 heteroatoms. The van der Waals surface area contributed by atoms with E-state index in [1.54, 1.807) is 36.0 Å². The second kappa shape index (κ2) is 9.85. The molecule has 1 unspecified atom stereocenters. The number of amides is 2. The summed E-state index contributed by atoms with van der Waals surface area (Å²) >= 11 is 1.46. The number of aromatic nitrogens is 1. The first-order valence-electron chi connectivity index (χ1n) is 8.80. The minimum Gasteiger partial charge on any atom is -0.273 e. The molecule has 1 aromatic carbocycles. The molecule has 0 saturated heterocycles. The van der Waals surface area contributed by atoms with Gasteiger partial charge in [-0.05, 0) is 42.0 Å². The fourth-order valence-corrected chi connectivity index (χ4v) is 3.69. The lowest BCUT2D eigenvalue weighted by Gasteiger charge is -2.22. The zero-order valence-corrected chi connectivity index (χ0v) is 16.5. The number of hydrogen-bond acceptors (Lipinski definition) is 6. The molecule has 3 rings (SSSR count). The SMILES string of the molecule is Cc1cccc([N+](=O)[O-])c1CC=CCONC(=O)N1[C]=CSC1c1ccncc1. The summed E-state index contributed by atoms with van der Waals surface area (Å²) in [4.78, 5) is 33.7. The number of carbonyl (C=O) groups is 1. The van der Waals surface area contributed by atoms with E-state index in [1.165, 1.54) is 22.7 Å². The van der Waals surface area contributed by atoms with Crippen molar-refractivity contribution in [2.45, 2.75) is 18.7 Å². The van der Waals surface area contributed by atoms with Crippen molar-refractivity contribution in [2.75, 3.05) is 6.61 Å². The maximum absolute atomic E-state index is 12.3. The number of thioether (sulfide) groups is 1. The molecule has 1 N–H and O–H groups in total. The molecule has 0 aliphatic carbocycles. The minimum absolute atomic E-state index is 0.0971. The quantitative estimate of drug-likeness (QED) is 0.319. The Hall–Kier alpha value is -3.17. The number of nitro benzene ring substituents is 1. The molecule has 2 heterocycles. The normalized spacial score (nSPS) is 15.8. The Morgan fingerprint density at radius 1 is 1.38 bits per heavy atom. The maximum Gasteiger partial charge on any atom is 0.347 e. The summed E-state index contributed by atoms with van der Waals surface area (Å²) in [7, 11) is 0. The van der Waals surface area contributed by atoms with E-state index in [9.17, 15) is 14.9 Å². The fraction of sp³-hybridized carbons (Fsp3) is 0.200. The molecule has 2 amide bonds. The van der Waals surface area contributed by atoms with Crippen molar-refractivity contribution < 1.29 is 14.6 Å². The summed E-state index contributed by atoms with van der Waals surface area (Å²) in [6, 6.07) is 8.24. The number of hydrogen-bond donors (Lipinski definition) is 1. The van der Waals surface area contributed by atoms with Crippen LogP contribution in [0.4, 0.5) is 10.5 Å². The number of pyridine rings is 1. The van der Waals surface area contributed by atoms with Crippen molar-refractivity contribution in [3.05, 3.63) is 93.3 Å². The third-order valence-corrected chi connectivity index (χ3v) is 5.23. The van der Waals surface area contributed by atoms with E-state index < -0.39 is 6.03 Å². The van der Waals surface area contributed by atoms with E-state index in [-0.39, 0.29) is 22.6 Å². The number of benzene rings is 1. The van der Waals surface area contributed by atoms with Gasteiger partial charge in [-0.3, -0.25) is 24.8 Å². The van der Waals surface area contributed by atoms with Gasteiger partial charge in [0.2, 0.25) is 0 Å². The van der Waals surface area contributed by atoms with Gasteiger partial charge in [-0.2, -0.15) is 0 Å². The number of rotatable bonds is 7. The molecule has 1 aliphatic rings. The van der Waals surface area contributed by atoms with Gasteiger partial charge in [-0.15, -0.1) is 11.8 Å². The molecular formula is C20H19N4O4S. The van der Waals surface area contributed by atoms with Gasteiger partial charge in [0.25, 0.3) is 5.69 Å². The van der Waals surface area contributed by atoms with Gasteiger partial charge in [-0.25, -0.2) is 10.3 Å². The van der Waals surface area contributed by atoms with Crippen LogP contribution in [0.2, 0.25) is 0 Å². The van der Waals surface area contributed by atoms with Crippen LogP contribution < -0.4 is 5.48 Å². The third kappa shape index (κ3) is 5.21. The lowest BCUT2D eigenvalue weighted by atomic mass is 10.0. The van der Waals surface area contributed by atoms with E-state index in [0.717, 1.165) is 11.1 Å². The number of nitro groups is 1. The first-order chi connectivity index (χ1) is 14.1. The van der Waals surface area contributed by atoms with Crippen molar-refractivity contribution in [1.82, 2.24) is 15.4 Å². The maximum atomic E-state index is 12.3. The summed E-state index contributed by atoms with van der Waals surface area (Å²) in [5, 5.41) is 12.6. The highest BCUT2D eigenvalue weighted by Crippen LogP contribution is 2.37. The summed E-state index contributed by atoms with van der Waals surface area (Å²) in [6.07, 6.45) is 10.1. The first-order valence-corrected chi connectivity index (χ1v) is 9.74. The van der Waals surface area contributed by atoms with E-state index in [1.807, 2.05) is 25.1 Å². The topological polar surface area (TPSA) is 97.6 Å². The third-order valence-electron chi connectivity index (χ3n) is 4.24. The Balaban J connectivity index is 1.48. The molecule has 29 heavy (non-hydrogen) atoms. The highest BCUT2D eigenvalue weighted by atomic mass is 32.2. The number of urea groups is 1. The van der Waals surface area contributed by atoms with E-state index in [4.69, 9.17) is 4.84 Å². The molecule has 0 bridgehead atoms. The zero-order chi connectivity index (χ0) is 20.6. The van der Waals surface area contributed by atoms with Gasteiger partial charge in [0.15, 0.2) is 0 Å². The number of aryl methyl sites for hydroxylation is 1. The predicted molar refractivity (Wildman–Crippen MR) is 109 cm³/mol. The largest absolute Gasteiger partial charge is 0.347 e. The molecule has 149 valence electrons. The van der Waals surface area contributed by atoms with E-state index in [0.29, 0.717) is 12.0 Å². The highest BCUT2D eigenvalue weighted by Gasteiger charge is 2.28. The van der Waals surface area contributed by atoms with Crippen LogP contribution in [0.1, 0.15) is 22.1 Å². The molecule has 0 fully saturated rings. The summed E-state index contributed by atoms with van der Waals surface area (Å²) in [6.45, 7) is 1.97. The van der Waals surface area contributed by atoms with Crippen molar-refractivity contribution >= 4 is 23.5 Å². The van der Waals surface area contributed by atoms with E-state index >= 15 is 0 Å². The lowest BCUT2D eigenvalue weighted by molar-refractivity contribution is -0.385. The van der Waals surface area contributed by atoms with Gasteiger partial charge in [0, 0.05) is 24.0 Å². The molecule has 1 aliphatic heterocycles. The Labute approximate surface area is 172 Å². The Kier molecular flexibility index (Phi) is 6.99. The van der Waals surface area contributed by atoms with Crippen LogP contribution in [0.3, 0.4) is 0 Å². The zero-order valence-electron chi connectivity index (χ0n) is 15.6. The van der Waals surface area contributed by atoms with Gasteiger partial charge in [0.1, 0.15) is 5.37 Å². The first kappa shape index (κ1) is 20.6. The van der Waals surface area contributed by atoms with Crippen molar-refractivity contribution in [2.24, 2.45) is 0 Å². The van der Waals surface area contributed by atoms with Crippen LogP contribution in [-0.4, -0.2) is 27.4 Å². The fourth-order valence-electron chi connectivity index (χ4n) is 2.79. The smallest absolute Gasteiger partial charge is 0.273 e. The summed E-state index contributed by atoms with van der Waals surface area (Å²) < 4.78 is 0. The summed E-state index contributed by atoms with van der Waals surface area (Å²) in [5.41, 5.74) is 4.92. The number of carbonyl (C=O) groups excluding carboxylic acids is 1. The highest BCUT2D eigenvalue weighted by molar-refractivity contribution is 8.02. The average molecular weight is 411 g/mol. The molecule has 8 nitrogen and oxygen atoms in total. The van der Waals surface area contributed by atoms with Crippen LogP contribution in [0.15, 0.2) is 60.3 Å². The van der Waals surface area contributed by atoms with Crippen molar-refractivity contribution in [3.63, 3.8) is 0 Å². The Morgan fingerprint density at radius 2 is 2.17 bits per heavy atom. The van der Waals surface area contributed by atoms with Crippen LogP contribution in [-0.2, 0) is 11.3 Å². The van der Waals surface area contributed by atoms with Gasteiger partial charge >= 0.3 is 6.03 Å². The molecule has 1 radical (unpaired) electrons. The number of nitrogens with one attached hydrogen (secondary N) is 1. The molecule has 0 saturated carbocycles. The van der Waals surface area contributed by atoms with Crippen molar-refractivity contribution in [3.8, 4) is 0 Å². The summed E-state index contributed by atoms with van der Waals surface area (Å²) in [5.74, 6) is 0. The second-order valence-electron chi connectivity index (χ2n) is 6.11. The van der Waals surface area contributed by atoms with Crippen LogP contribution in [0.5, 0.6) is 0 Å². The Morgan fingerprint density at radius 3 is 2.93 bits per heavy atom. The number of allylic oxidation sites excluding steroid dienone is 1. The number of hydroxylamine groups is 1. The monoisotopic (exact) mass is 411 g/mol. The molecule has 1 aromatic heterocycles. The lowest BCUT2D eigenvalue weighted by Crippen LogP contribution is -2.36. The standard InChI is InChI=1S/C20H19N4O4S/c1-15-5-4-7-18(24(26)27)17(15)6-2-3-13-28-22-20(25)23-12-14-29-19(23)16-8-10-21-11-9-16/h2-5,7-11,14,19H,6,13H2,1H3,(H,22,25). The molecule has 2 aromatic rings. The predicted octanol–water partition coefficient (Wildman–Crippen LogP) is 4.06. The minimum atomic E-state index is -0.434. The van der Waals surface area contributed by atoms with Gasteiger partial charge in [0.05, 0.1) is 17.7 Å². The van der Waals surface area contributed by atoms with Gasteiger partial charge < -0.3 is 0 Å². The second-order valence-corrected chi connectivity index (χ2v) is 7.06. The molecule has 0 spiro atoms. The average Bonchev–Trinajstić information content (AvgIpc) is 3.22. The molecule has 1 atom stereocenters. The Bertz CT molecular complexity index is 933. The van der Waals surface area contributed by atoms with Crippen LogP contribution in [0.25, 0.3) is 0 Å². The van der Waals surface area contributed by atoms with E-state index in [2.05, 4.69) is 16.7 Å². The van der Waals surface area contributed by atoms with Crippen LogP contribution in [0, 0.1) is 23.2 Å². The van der Waals surface area contributed by atoms with Gasteiger partial charge in [-0.1, -0.05) is 24.3 Å². The number of nitrogens with zero attached hydrogens (tertiary/aromatic N) is 3. The van der Waals surface area contributed by atoms with Crippen LogP contribution >= 0.6 is 11.8 Å².